The number of nitrogens with zero attached hydrogens (tertiary/aromatic N) is 2. The van der Waals surface area contributed by atoms with Crippen molar-refractivity contribution in [2.75, 3.05) is 0 Å². The molecule has 0 aliphatic carbocycles. The lowest BCUT2D eigenvalue weighted by Crippen LogP contribution is -2.00. The van der Waals surface area contributed by atoms with Crippen LogP contribution in [0.5, 0.6) is 11.6 Å². The maximum atomic E-state index is 10.7. The minimum atomic E-state index is -0.497. The summed E-state index contributed by atoms with van der Waals surface area (Å²) in [6.45, 7) is 1.26. The SMILES string of the molecule is CC(=O)Oc1cn(-c2ccccc2)nc1O. The number of aromatic hydroxyl groups is 1. The van der Waals surface area contributed by atoms with Crippen molar-refractivity contribution < 1.29 is 14.6 Å². The average Bonchev–Trinajstić information content (AvgIpc) is 2.61. The van der Waals surface area contributed by atoms with Gasteiger partial charge in [0.2, 0.25) is 5.75 Å². The van der Waals surface area contributed by atoms with Gasteiger partial charge in [0.15, 0.2) is 0 Å². The van der Waals surface area contributed by atoms with Crippen LogP contribution >= 0.6 is 0 Å². The molecule has 5 heteroatoms. The largest absolute Gasteiger partial charge is 0.490 e. The van der Waals surface area contributed by atoms with Crippen molar-refractivity contribution in [3.63, 3.8) is 0 Å². The first-order valence-electron chi connectivity index (χ1n) is 4.69. The third-order valence-corrected chi connectivity index (χ3v) is 1.94. The number of hydrogen-bond donors (Lipinski definition) is 1. The van der Waals surface area contributed by atoms with Crippen molar-refractivity contribution in [2.45, 2.75) is 6.92 Å². The topological polar surface area (TPSA) is 64.4 Å². The second-order valence-corrected chi connectivity index (χ2v) is 3.19. The Morgan fingerprint density at radius 3 is 2.69 bits per heavy atom. The van der Waals surface area contributed by atoms with Crippen LogP contribution in [0, 0.1) is 0 Å². The van der Waals surface area contributed by atoms with Crippen LogP contribution in [0.2, 0.25) is 0 Å². The molecule has 0 amide bonds. The van der Waals surface area contributed by atoms with Gasteiger partial charge in [-0.25, -0.2) is 4.68 Å². The lowest BCUT2D eigenvalue weighted by Gasteiger charge is -1.98. The van der Waals surface area contributed by atoms with Gasteiger partial charge in [-0.1, -0.05) is 18.2 Å². The van der Waals surface area contributed by atoms with Gasteiger partial charge >= 0.3 is 5.97 Å². The van der Waals surface area contributed by atoms with E-state index < -0.39 is 5.97 Å². The number of benzene rings is 1. The summed E-state index contributed by atoms with van der Waals surface area (Å²) in [7, 11) is 0. The Kier molecular flexibility index (Phi) is 2.59. The molecule has 2 rings (SSSR count). The smallest absolute Gasteiger partial charge is 0.308 e. The fourth-order valence-corrected chi connectivity index (χ4v) is 1.29. The fourth-order valence-electron chi connectivity index (χ4n) is 1.29. The molecular formula is C11H10N2O3. The van der Waals surface area contributed by atoms with Crippen molar-refractivity contribution >= 4 is 5.97 Å². The molecule has 5 nitrogen and oxygen atoms in total. The molecule has 0 saturated carbocycles. The highest BCUT2D eigenvalue weighted by Crippen LogP contribution is 2.25. The summed E-state index contributed by atoms with van der Waals surface area (Å²) < 4.78 is 6.21. The molecule has 0 aliphatic heterocycles. The minimum absolute atomic E-state index is 0.0522. The molecule has 0 spiro atoms. The van der Waals surface area contributed by atoms with Gasteiger partial charge in [0.25, 0.3) is 5.88 Å². The molecule has 0 radical (unpaired) electrons. The third kappa shape index (κ3) is 2.03. The van der Waals surface area contributed by atoms with Crippen LogP contribution in [0.4, 0.5) is 0 Å². The number of carbonyl (C=O) groups is 1. The van der Waals surface area contributed by atoms with E-state index in [4.69, 9.17) is 4.74 Å². The van der Waals surface area contributed by atoms with Crippen LogP contribution in [0.25, 0.3) is 5.69 Å². The minimum Gasteiger partial charge on any atom is -0.490 e. The highest BCUT2D eigenvalue weighted by molar-refractivity contribution is 5.69. The summed E-state index contributed by atoms with van der Waals surface area (Å²) in [6.07, 6.45) is 1.45. The molecule has 2 aromatic rings. The molecule has 1 heterocycles. The first kappa shape index (κ1) is 10.2. The Balaban J connectivity index is 2.34. The maximum absolute atomic E-state index is 10.7. The monoisotopic (exact) mass is 218 g/mol. The molecule has 0 bridgehead atoms. The Morgan fingerprint density at radius 1 is 1.38 bits per heavy atom. The second kappa shape index (κ2) is 4.06. The number of carbonyl (C=O) groups excluding carboxylic acids is 1. The Morgan fingerprint density at radius 2 is 2.06 bits per heavy atom. The molecule has 1 N–H and O–H groups in total. The summed E-state index contributed by atoms with van der Waals surface area (Å²) in [5.74, 6) is -0.752. The van der Waals surface area contributed by atoms with E-state index >= 15 is 0 Å². The first-order valence-corrected chi connectivity index (χ1v) is 4.69. The second-order valence-electron chi connectivity index (χ2n) is 3.19. The molecule has 0 unspecified atom stereocenters. The number of ether oxygens (including phenoxy) is 1. The van der Waals surface area contributed by atoms with Gasteiger partial charge in [0, 0.05) is 6.92 Å². The van der Waals surface area contributed by atoms with E-state index in [0.717, 1.165) is 5.69 Å². The average molecular weight is 218 g/mol. The van der Waals surface area contributed by atoms with Gasteiger partial charge in [0.1, 0.15) is 0 Å². The molecule has 1 aromatic heterocycles. The number of rotatable bonds is 2. The standard InChI is InChI=1S/C11H10N2O3/c1-8(14)16-10-7-13(12-11(10)15)9-5-3-2-4-6-9/h2-7H,1H3,(H,12,15). The van der Waals surface area contributed by atoms with Crippen molar-refractivity contribution in [3.05, 3.63) is 36.5 Å². The molecule has 82 valence electrons. The number of hydrogen-bond acceptors (Lipinski definition) is 4. The molecule has 0 atom stereocenters. The fraction of sp³-hybridized carbons (Fsp3) is 0.0909. The zero-order valence-corrected chi connectivity index (χ0v) is 8.62. The molecular weight excluding hydrogens is 208 g/mol. The highest BCUT2D eigenvalue weighted by atomic mass is 16.5. The van der Waals surface area contributed by atoms with E-state index in [1.54, 1.807) is 0 Å². The Bertz CT molecular complexity index is 505. The lowest BCUT2D eigenvalue weighted by atomic mass is 10.3. The van der Waals surface area contributed by atoms with E-state index in [0.29, 0.717) is 0 Å². The summed E-state index contributed by atoms with van der Waals surface area (Å²) in [6, 6.07) is 9.22. The molecule has 0 saturated heterocycles. The van der Waals surface area contributed by atoms with Crippen molar-refractivity contribution in [1.82, 2.24) is 9.78 Å². The highest BCUT2D eigenvalue weighted by Gasteiger charge is 2.11. The summed E-state index contributed by atoms with van der Waals surface area (Å²) in [4.78, 5) is 10.7. The van der Waals surface area contributed by atoms with E-state index in [1.807, 2.05) is 30.3 Å². The van der Waals surface area contributed by atoms with E-state index in [2.05, 4.69) is 5.10 Å². The lowest BCUT2D eigenvalue weighted by molar-refractivity contribution is -0.132. The van der Waals surface area contributed by atoms with E-state index in [1.165, 1.54) is 17.8 Å². The Hall–Kier alpha value is -2.30. The third-order valence-electron chi connectivity index (χ3n) is 1.94. The van der Waals surface area contributed by atoms with Crippen molar-refractivity contribution in [3.8, 4) is 17.3 Å². The zero-order valence-electron chi connectivity index (χ0n) is 8.62. The predicted molar refractivity (Wildman–Crippen MR) is 56.5 cm³/mol. The summed E-state index contributed by atoms with van der Waals surface area (Å²) >= 11 is 0. The quantitative estimate of drug-likeness (QED) is 0.776. The molecule has 0 fully saturated rings. The van der Waals surface area contributed by atoms with Gasteiger partial charge in [0.05, 0.1) is 11.9 Å². The van der Waals surface area contributed by atoms with Crippen molar-refractivity contribution in [2.24, 2.45) is 0 Å². The molecule has 0 aliphatic rings. The molecule has 16 heavy (non-hydrogen) atoms. The normalized spacial score (nSPS) is 10.1. The maximum Gasteiger partial charge on any atom is 0.308 e. The van der Waals surface area contributed by atoms with Crippen LogP contribution in [0.1, 0.15) is 6.92 Å². The number of aromatic nitrogens is 2. The number of esters is 1. The number of para-hydroxylation sites is 1. The van der Waals surface area contributed by atoms with Gasteiger partial charge in [-0.05, 0) is 12.1 Å². The predicted octanol–water partition coefficient (Wildman–Crippen LogP) is 1.50. The molecule has 1 aromatic carbocycles. The van der Waals surface area contributed by atoms with Crippen LogP contribution in [-0.2, 0) is 4.79 Å². The van der Waals surface area contributed by atoms with E-state index in [9.17, 15) is 9.90 Å². The van der Waals surface area contributed by atoms with Crippen LogP contribution in [0.15, 0.2) is 36.5 Å². The van der Waals surface area contributed by atoms with Crippen molar-refractivity contribution in [1.29, 1.82) is 0 Å². The van der Waals surface area contributed by atoms with Crippen LogP contribution < -0.4 is 4.74 Å². The van der Waals surface area contributed by atoms with Gasteiger partial charge in [-0.2, -0.15) is 0 Å². The van der Waals surface area contributed by atoms with Crippen LogP contribution in [-0.4, -0.2) is 20.9 Å². The van der Waals surface area contributed by atoms with Gasteiger partial charge in [-0.15, -0.1) is 5.10 Å². The van der Waals surface area contributed by atoms with Crippen LogP contribution in [0.3, 0.4) is 0 Å². The zero-order chi connectivity index (χ0) is 11.5. The Labute approximate surface area is 91.9 Å². The first-order chi connectivity index (χ1) is 7.66. The van der Waals surface area contributed by atoms with Gasteiger partial charge < -0.3 is 9.84 Å². The summed E-state index contributed by atoms with van der Waals surface area (Å²) in [5, 5.41) is 13.3. The summed E-state index contributed by atoms with van der Waals surface area (Å²) in [5.41, 5.74) is 0.774. The van der Waals surface area contributed by atoms with E-state index in [-0.39, 0.29) is 11.6 Å². The van der Waals surface area contributed by atoms with Gasteiger partial charge in [-0.3, -0.25) is 4.79 Å².